The minimum Gasteiger partial charge on any atom is -0.370 e. The van der Waals surface area contributed by atoms with E-state index in [-0.39, 0.29) is 42.8 Å². The van der Waals surface area contributed by atoms with Crippen molar-refractivity contribution in [1.82, 2.24) is 5.32 Å². The van der Waals surface area contributed by atoms with Gasteiger partial charge in [0, 0.05) is 5.92 Å². The normalized spacial score (nSPS) is 31.4. The molecule has 0 aliphatic carbocycles. The van der Waals surface area contributed by atoms with Gasteiger partial charge in [-0.3, -0.25) is 9.59 Å². The van der Waals surface area contributed by atoms with E-state index in [2.05, 4.69) is 5.32 Å². The Balaban J connectivity index is 1.86. The minimum absolute atomic E-state index is 0.0207. The van der Waals surface area contributed by atoms with Crippen LogP contribution in [-0.2, 0) is 23.8 Å². The predicted octanol–water partition coefficient (Wildman–Crippen LogP) is -0.424. The third kappa shape index (κ3) is 3.72. The number of rotatable bonds is 7. The number of nitrogens with one attached hydrogen (secondary N) is 1. The van der Waals surface area contributed by atoms with Crippen molar-refractivity contribution in [3.8, 4) is 0 Å². The van der Waals surface area contributed by atoms with E-state index in [1.54, 1.807) is 0 Å². The Morgan fingerprint density at radius 3 is 2.52 bits per heavy atom. The SMILES string of the molecule is CCC(CC)C(=O)NC1COC2C(OCC(N)=O)COC12. The summed E-state index contributed by atoms with van der Waals surface area (Å²) in [6.45, 7) is 4.60. The summed E-state index contributed by atoms with van der Waals surface area (Å²) in [5.74, 6) is -0.457. The van der Waals surface area contributed by atoms with Crippen molar-refractivity contribution in [1.29, 1.82) is 0 Å². The van der Waals surface area contributed by atoms with Gasteiger partial charge in [-0.25, -0.2) is 0 Å². The molecule has 0 bridgehead atoms. The van der Waals surface area contributed by atoms with Gasteiger partial charge in [-0.15, -0.1) is 0 Å². The van der Waals surface area contributed by atoms with Crippen LogP contribution in [-0.4, -0.2) is 56.0 Å². The molecule has 0 spiro atoms. The molecule has 2 rings (SSSR count). The second-order valence-electron chi connectivity index (χ2n) is 5.54. The zero-order chi connectivity index (χ0) is 15.4. The van der Waals surface area contributed by atoms with Crippen LogP contribution in [0, 0.1) is 5.92 Å². The fourth-order valence-electron chi connectivity index (χ4n) is 2.88. The molecule has 120 valence electrons. The molecule has 2 aliphatic heterocycles. The fourth-order valence-corrected chi connectivity index (χ4v) is 2.88. The molecular weight excluding hydrogens is 276 g/mol. The Bertz CT molecular complexity index is 386. The van der Waals surface area contributed by atoms with Crippen LogP contribution in [0.25, 0.3) is 0 Å². The average molecular weight is 300 g/mol. The molecule has 0 saturated carbocycles. The minimum atomic E-state index is -0.518. The van der Waals surface area contributed by atoms with Crippen LogP contribution in [0.1, 0.15) is 26.7 Å². The van der Waals surface area contributed by atoms with E-state index in [4.69, 9.17) is 19.9 Å². The maximum absolute atomic E-state index is 12.1. The van der Waals surface area contributed by atoms with Gasteiger partial charge in [0.25, 0.3) is 0 Å². The van der Waals surface area contributed by atoms with E-state index in [9.17, 15) is 9.59 Å². The number of amides is 2. The Labute approximate surface area is 124 Å². The quantitative estimate of drug-likeness (QED) is 0.665. The van der Waals surface area contributed by atoms with Crippen LogP contribution in [0.3, 0.4) is 0 Å². The van der Waals surface area contributed by atoms with E-state index in [0.717, 1.165) is 12.8 Å². The van der Waals surface area contributed by atoms with Crippen LogP contribution in [0.4, 0.5) is 0 Å². The summed E-state index contributed by atoms with van der Waals surface area (Å²) in [4.78, 5) is 22.9. The van der Waals surface area contributed by atoms with E-state index >= 15 is 0 Å². The number of ether oxygens (including phenoxy) is 3. The molecule has 2 amide bonds. The second-order valence-corrected chi connectivity index (χ2v) is 5.54. The van der Waals surface area contributed by atoms with Gasteiger partial charge in [0.1, 0.15) is 24.9 Å². The first kappa shape index (κ1) is 16.2. The van der Waals surface area contributed by atoms with Crippen molar-refractivity contribution >= 4 is 11.8 Å². The number of carbonyl (C=O) groups excluding carboxylic acids is 2. The first-order valence-electron chi connectivity index (χ1n) is 7.50. The van der Waals surface area contributed by atoms with Gasteiger partial charge >= 0.3 is 0 Å². The number of hydrogen-bond acceptors (Lipinski definition) is 5. The van der Waals surface area contributed by atoms with Crippen molar-refractivity contribution in [2.75, 3.05) is 19.8 Å². The Morgan fingerprint density at radius 1 is 1.24 bits per heavy atom. The van der Waals surface area contributed by atoms with Gasteiger partial charge in [0.2, 0.25) is 11.8 Å². The highest BCUT2D eigenvalue weighted by Gasteiger charge is 2.49. The lowest BCUT2D eigenvalue weighted by molar-refractivity contribution is -0.128. The summed E-state index contributed by atoms with van der Waals surface area (Å²) in [5, 5.41) is 3.00. The van der Waals surface area contributed by atoms with Crippen LogP contribution in [0.2, 0.25) is 0 Å². The summed E-state index contributed by atoms with van der Waals surface area (Å²) in [5.41, 5.74) is 5.06. The van der Waals surface area contributed by atoms with E-state index in [1.807, 2.05) is 13.8 Å². The van der Waals surface area contributed by atoms with E-state index < -0.39 is 5.91 Å². The summed E-state index contributed by atoms with van der Waals surface area (Å²) in [7, 11) is 0. The summed E-state index contributed by atoms with van der Waals surface area (Å²) >= 11 is 0. The summed E-state index contributed by atoms with van der Waals surface area (Å²) in [6.07, 6.45) is 0.847. The van der Waals surface area contributed by atoms with Gasteiger partial charge < -0.3 is 25.3 Å². The molecule has 0 aromatic rings. The van der Waals surface area contributed by atoms with Crippen LogP contribution in [0.15, 0.2) is 0 Å². The Hall–Kier alpha value is -1.18. The lowest BCUT2D eigenvalue weighted by Gasteiger charge is -2.20. The van der Waals surface area contributed by atoms with Crippen LogP contribution >= 0.6 is 0 Å². The zero-order valence-electron chi connectivity index (χ0n) is 12.5. The number of nitrogens with two attached hydrogens (primary N) is 1. The monoisotopic (exact) mass is 300 g/mol. The third-order valence-corrected chi connectivity index (χ3v) is 4.13. The molecule has 4 unspecified atom stereocenters. The maximum Gasteiger partial charge on any atom is 0.243 e. The molecule has 2 fully saturated rings. The maximum atomic E-state index is 12.1. The van der Waals surface area contributed by atoms with Crippen molar-refractivity contribution in [2.24, 2.45) is 11.7 Å². The number of hydrogen-bond donors (Lipinski definition) is 2. The summed E-state index contributed by atoms with van der Waals surface area (Å²) in [6, 6.07) is -0.162. The van der Waals surface area contributed by atoms with Gasteiger partial charge in [-0.05, 0) is 12.8 Å². The van der Waals surface area contributed by atoms with Gasteiger partial charge in [-0.1, -0.05) is 13.8 Å². The lowest BCUT2D eigenvalue weighted by Crippen LogP contribution is -2.46. The van der Waals surface area contributed by atoms with Crippen LogP contribution < -0.4 is 11.1 Å². The highest BCUT2D eigenvalue weighted by Crippen LogP contribution is 2.29. The molecule has 4 atom stereocenters. The van der Waals surface area contributed by atoms with E-state index in [0.29, 0.717) is 13.2 Å². The molecule has 7 nitrogen and oxygen atoms in total. The molecule has 0 aromatic carbocycles. The number of carbonyl (C=O) groups is 2. The Kier molecular flexibility index (Phi) is 5.55. The van der Waals surface area contributed by atoms with Gasteiger partial charge in [0.15, 0.2) is 0 Å². The molecule has 2 heterocycles. The van der Waals surface area contributed by atoms with Gasteiger partial charge in [0.05, 0.1) is 19.3 Å². The van der Waals surface area contributed by atoms with Crippen molar-refractivity contribution in [2.45, 2.75) is 51.0 Å². The highest BCUT2D eigenvalue weighted by molar-refractivity contribution is 5.79. The van der Waals surface area contributed by atoms with Crippen molar-refractivity contribution in [3.05, 3.63) is 0 Å². The first-order chi connectivity index (χ1) is 10.1. The van der Waals surface area contributed by atoms with Gasteiger partial charge in [-0.2, -0.15) is 0 Å². The fraction of sp³-hybridized carbons (Fsp3) is 0.857. The molecule has 2 saturated heterocycles. The number of primary amides is 1. The molecule has 0 radical (unpaired) electrons. The second kappa shape index (κ2) is 7.20. The smallest absolute Gasteiger partial charge is 0.243 e. The van der Waals surface area contributed by atoms with Crippen molar-refractivity contribution in [3.63, 3.8) is 0 Å². The third-order valence-electron chi connectivity index (χ3n) is 4.13. The van der Waals surface area contributed by atoms with Crippen molar-refractivity contribution < 1.29 is 23.8 Å². The zero-order valence-corrected chi connectivity index (χ0v) is 12.5. The molecular formula is C14H24N2O5. The molecule has 3 N–H and O–H groups in total. The standard InChI is InChI=1S/C14H24N2O5/c1-3-8(4-2)14(18)16-9-5-20-13-10(6-21-12(9)13)19-7-11(15)17/h8-10,12-13H,3-7H2,1-2H3,(H2,15,17)(H,16,18). The highest BCUT2D eigenvalue weighted by atomic mass is 16.6. The molecule has 2 aliphatic rings. The molecule has 0 aromatic heterocycles. The predicted molar refractivity (Wildman–Crippen MR) is 74.4 cm³/mol. The Morgan fingerprint density at radius 2 is 1.90 bits per heavy atom. The molecule has 21 heavy (non-hydrogen) atoms. The average Bonchev–Trinajstić information content (AvgIpc) is 3.01. The lowest BCUT2D eigenvalue weighted by atomic mass is 10.0. The largest absolute Gasteiger partial charge is 0.370 e. The van der Waals surface area contributed by atoms with Crippen LogP contribution in [0.5, 0.6) is 0 Å². The number of fused-ring (bicyclic) bond motifs is 1. The summed E-state index contributed by atoms with van der Waals surface area (Å²) < 4.78 is 16.7. The topological polar surface area (TPSA) is 99.9 Å². The first-order valence-corrected chi connectivity index (χ1v) is 7.50. The van der Waals surface area contributed by atoms with E-state index in [1.165, 1.54) is 0 Å². The molecule has 7 heteroatoms.